The number of carboxylic acids is 1. The summed E-state index contributed by atoms with van der Waals surface area (Å²) in [5.74, 6) is -2.58. The van der Waals surface area contributed by atoms with Crippen molar-refractivity contribution in [3.8, 4) is 0 Å². The number of nitrogens with zero attached hydrogens (tertiary/aromatic N) is 1. The van der Waals surface area contributed by atoms with E-state index in [4.69, 9.17) is 21.4 Å². The second kappa shape index (κ2) is 9.84. The monoisotopic (exact) mass is 409 g/mol. The van der Waals surface area contributed by atoms with E-state index in [0.29, 0.717) is 27.5 Å². The average molecular weight is 410 g/mol. The number of rotatable bonds is 5. The molecule has 138 valence electrons. The fourth-order valence-electron chi connectivity index (χ4n) is 2.56. The van der Waals surface area contributed by atoms with Crippen LogP contribution in [0.2, 0.25) is 5.02 Å². The maximum absolute atomic E-state index is 12.5. The van der Waals surface area contributed by atoms with E-state index < -0.39 is 30.5 Å². The van der Waals surface area contributed by atoms with E-state index in [-0.39, 0.29) is 36.0 Å². The summed E-state index contributed by atoms with van der Waals surface area (Å²) >= 11 is 6.10. The van der Waals surface area contributed by atoms with Crippen LogP contribution in [0.4, 0.5) is 5.69 Å². The Morgan fingerprint density at radius 2 is 1.86 bits per heavy atom. The Balaban J connectivity index is 0.00000280. The third-order valence-electron chi connectivity index (χ3n) is 3.80. The van der Waals surface area contributed by atoms with Gasteiger partial charge in [0.2, 0.25) is 0 Å². The van der Waals surface area contributed by atoms with Crippen LogP contribution in [0.15, 0.2) is 53.5 Å². The van der Waals surface area contributed by atoms with Crippen molar-refractivity contribution in [1.29, 1.82) is 0 Å². The predicted octanol–water partition coefficient (Wildman–Crippen LogP) is -0.132. The predicted molar refractivity (Wildman–Crippen MR) is 98.9 cm³/mol. The van der Waals surface area contributed by atoms with Gasteiger partial charge in [0, 0.05) is 16.1 Å². The van der Waals surface area contributed by atoms with Gasteiger partial charge in [-0.3, -0.25) is 14.4 Å². The Bertz CT molecular complexity index is 933. The van der Waals surface area contributed by atoms with E-state index in [0.717, 1.165) is 0 Å². The molecule has 1 aliphatic heterocycles. The van der Waals surface area contributed by atoms with Crippen LogP contribution in [-0.4, -0.2) is 34.9 Å². The van der Waals surface area contributed by atoms with Gasteiger partial charge < -0.3 is 15.2 Å². The molecular weight excluding hydrogens is 395 g/mol. The largest absolute Gasteiger partial charge is 1.00 e. The van der Waals surface area contributed by atoms with Crippen LogP contribution in [0.5, 0.6) is 0 Å². The molecule has 7 nitrogen and oxygen atoms in total. The van der Waals surface area contributed by atoms with Crippen molar-refractivity contribution in [2.45, 2.75) is 19.1 Å². The molecule has 0 saturated carbocycles. The van der Waals surface area contributed by atoms with Gasteiger partial charge in [-0.1, -0.05) is 41.9 Å². The number of fused-ring (bicyclic) bond motifs is 1. The minimum atomic E-state index is -1.44. The maximum Gasteiger partial charge on any atom is 1.00 e. The van der Waals surface area contributed by atoms with E-state index in [1.807, 2.05) is 30.3 Å². The zero-order valence-corrected chi connectivity index (χ0v) is 17.8. The number of carbonyl (C=O) groups excluding carboxylic acids is 2. The SMILES string of the molecule is O=C(O)CCC(=O)OC1N=C(c2ccccc2)c2cc(Cl)ccc2NC1=O.[Na+]. The number of ether oxygens (including phenoxy) is 1. The fraction of sp³-hybridized carbons (Fsp3) is 0.158. The molecule has 28 heavy (non-hydrogen) atoms. The first kappa shape index (κ1) is 22.1. The van der Waals surface area contributed by atoms with Crippen LogP contribution in [0, 0.1) is 0 Å². The number of halogens is 1. The van der Waals surface area contributed by atoms with Crippen LogP contribution in [0.1, 0.15) is 24.0 Å². The third-order valence-corrected chi connectivity index (χ3v) is 4.03. The van der Waals surface area contributed by atoms with Crippen molar-refractivity contribution in [3.63, 3.8) is 0 Å². The number of hydrogen-bond donors (Lipinski definition) is 2. The molecule has 0 aromatic heterocycles. The van der Waals surface area contributed by atoms with E-state index in [1.54, 1.807) is 18.2 Å². The zero-order chi connectivity index (χ0) is 19.4. The van der Waals surface area contributed by atoms with Crippen molar-refractivity contribution in [3.05, 3.63) is 64.7 Å². The number of aliphatic carboxylic acids is 1. The molecule has 1 heterocycles. The summed E-state index contributed by atoms with van der Waals surface area (Å²) in [5.41, 5.74) is 2.22. The first-order chi connectivity index (χ1) is 12.9. The number of esters is 1. The molecule has 1 unspecified atom stereocenters. The van der Waals surface area contributed by atoms with Crippen LogP contribution in [-0.2, 0) is 19.1 Å². The van der Waals surface area contributed by atoms with Gasteiger partial charge >= 0.3 is 41.5 Å². The average Bonchev–Trinajstić information content (AvgIpc) is 2.78. The van der Waals surface area contributed by atoms with Crippen LogP contribution in [0.3, 0.4) is 0 Å². The van der Waals surface area contributed by atoms with Crippen LogP contribution in [0.25, 0.3) is 0 Å². The molecule has 1 amide bonds. The van der Waals surface area contributed by atoms with Gasteiger partial charge in [-0.2, -0.15) is 0 Å². The minimum absolute atomic E-state index is 0. The van der Waals surface area contributed by atoms with Gasteiger partial charge in [0.1, 0.15) is 0 Å². The Labute approximate surface area is 188 Å². The minimum Gasteiger partial charge on any atom is -0.481 e. The van der Waals surface area contributed by atoms with Crippen molar-refractivity contribution >= 4 is 40.8 Å². The van der Waals surface area contributed by atoms with E-state index >= 15 is 0 Å². The van der Waals surface area contributed by atoms with Gasteiger partial charge in [-0.05, 0) is 18.2 Å². The number of hydrogen-bond acceptors (Lipinski definition) is 5. The summed E-state index contributed by atoms with van der Waals surface area (Å²) < 4.78 is 5.11. The summed E-state index contributed by atoms with van der Waals surface area (Å²) in [6.45, 7) is 0. The number of anilines is 1. The van der Waals surface area contributed by atoms with Gasteiger partial charge in [-0.15, -0.1) is 0 Å². The van der Waals surface area contributed by atoms with Crippen molar-refractivity contribution in [2.24, 2.45) is 4.99 Å². The molecular formula is C19H15ClN2NaO5+. The molecule has 1 atom stereocenters. The number of benzene rings is 2. The standard InChI is InChI=1S/C19H15ClN2O5.Na/c20-12-6-7-14-13(10-12)17(11-4-2-1-3-5-11)22-19(18(26)21-14)27-16(25)9-8-15(23)24;/h1-7,10,19H,8-9H2,(H,21,26)(H,23,24);/q;+1. The van der Waals surface area contributed by atoms with Crippen molar-refractivity contribution in [2.75, 3.05) is 5.32 Å². The van der Waals surface area contributed by atoms with Crippen LogP contribution < -0.4 is 34.9 Å². The van der Waals surface area contributed by atoms with E-state index in [1.165, 1.54) is 0 Å². The number of carbonyl (C=O) groups is 3. The fourth-order valence-corrected chi connectivity index (χ4v) is 2.73. The second-order valence-corrected chi connectivity index (χ2v) is 6.20. The molecule has 0 saturated heterocycles. The van der Waals surface area contributed by atoms with Crippen molar-refractivity contribution in [1.82, 2.24) is 0 Å². The molecule has 0 radical (unpaired) electrons. The number of amides is 1. The molecule has 9 heteroatoms. The summed E-state index contributed by atoms with van der Waals surface area (Å²) in [4.78, 5) is 39.3. The number of nitrogens with one attached hydrogen (secondary N) is 1. The zero-order valence-electron chi connectivity index (χ0n) is 15.0. The summed E-state index contributed by atoms with van der Waals surface area (Å²) in [5, 5.41) is 11.8. The van der Waals surface area contributed by atoms with Crippen molar-refractivity contribution < 1.29 is 53.8 Å². The third kappa shape index (κ3) is 5.42. The first-order valence-electron chi connectivity index (χ1n) is 8.09. The van der Waals surface area contributed by atoms with Crippen LogP contribution >= 0.6 is 11.6 Å². The number of benzodiazepines with no additional fused rings is 1. The molecule has 1 aliphatic rings. The molecule has 3 rings (SSSR count). The number of aliphatic imine (C=N–C) groups is 1. The molecule has 2 N–H and O–H groups in total. The molecule has 2 aromatic rings. The summed E-state index contributed by atoms with van der Waals surface area (Å²) in [6.07, 6.45) is -2.18. The molecule has 0 fully saturated rings. The molecule has 0 aliphatic carbocycles. The molecule has 0 bridgehead atoms. The van der Waals surface area contributed by atoms with E-state index in [2.05, 4.69) is 10.3 Å². The quantitative estimate of drug-likeness (QED) is 0.528. The van der Waals surface area contributed by atoms with Gasteiger partial charge in [0.25, 0.3) is 12.1 Å². The second-order valence-electron chi connectivity index (χ2n) is 5.76. The Kier molecular flexibility index (Phi) is 7.77. The Morgan fingerprint density at radius 3 is 2.54 bits per heavy atom. The normalized spacial score (nSPS) is 15.2. The van der Waals surface area contributed by atoms with Gasteiger partial charge in [0.15, 0.2) is 0 Å². The van der Waals surface area contributed by atoms with Gasteiger partial charge in [0.05, 0.1) is 24.2 Å². The first-order valence-corrected chi connectivity index (χ1v) is 8.47. The number of carboxylic acid groups (broad SMARTS) is 1. The van der Waals surface area contributed by atoms with E-state index in [9.17, 15) is 14.4 Å². The Morgan fingerprint density at radius 1 is 1.14 bits per heavy atom. The smallest absolute Gasteiger partial charge is 0.481 e. The summed E-state index contributed by atoms with van der Waals surface area (Å²) in [7, 11) is 0. The topological polar surface area (TPSA) is 105 Å². The maximum atomic E-state index is 12.5. The molecule has 0 spiro atoms. The summed E-state index contributed by atoms with van der Waals surface area (Å²) in [6, 6.07) is 14.0. The molecule has 2 aromatic carbocycles. The Hall–Kier alpha value is -2.19. The van der Waals surface area contributed by atoms with Gasteiger partial charge in [-0.25, -0.2) is 4.99 Å².